The molecule has 0 spiro atoms. The van der Waals surface area contributed by atoms with E-state index in [1.807, 2.05) is 36.1 Å². The summed E-state index contributed by atoms with van der Waals surface area (Å²) in [5.41, 5.74) is 2.08. The van der Waals surface area contributed by atoms with E-state index in [1.54, 1.807) is 10.6 Å². The quantitative estimate of drug-likeness (QED) is 0.213. The largest absolute Gasteiger partial charge is 0.378 e. The summed E-state index contributed by atoms with van der Waals surface area (Å²) < 4.78 is 7.12. The first-order chi connectivity index (χ1) is 17.9. The number of nitro benzene ring substituents is 1. The SMILES string of the molecule is CCc1nnc2sc(-c3cccc(NC(=S)NC(=O)c4cc([N+](=O)[O-])ccc4N4CCOCC4)c3)nn12. The van der Waals surface area contributed by atoms with E-state index >= 15 is 0 Å². The molecular formula is C23H22N8O4S2. The molecule has 0 saturated carbocycles. The number of nitrogens with zero attached hydrogens (tertiary/aromatic N) is 6. The Morgan fingerprint density at radius 3 is 2.78 bits per heavy atom. The second-order valence-electron chi connectivity index (χ2n) is 8.12. The average molecular weight is 539 g/mol. The highest BCUT2D eigenvalue weighted by molar-refractivity contribution is 7.80. The van der Waals surface area contributed by atoms with Gasteiger partial charge in [-0.2, -0.15) is 9.61 Å². The van der Waals surface area contributed by atoms with Crippen molar-refractivity contribution in [3.05, 3.63) is 64.0 Å². The number of carbonyl (C=O) groups is 1. The first kappa shape index (κ1) is 24.7. The molecule has 0 atom stereocenters. The number of nitrogens with one attached hydrogen (secondary N) is 2. The molecule has 14 heteroatoms. The molecule has 1 amide bonds. The lowest BCUT2D eigenvalue weighted by Crippen LogP contribution is -2.39. The maximum atomic E-state index is 13.2. The molecule has 1 aliphatic rings. The number of hydrogen-bond donors (Lipinski definition) is 2. The summed E-state index contributed by atoms with van der Waals surface area (Å²) in [5.74, 6) is 0.243. The molecule has 5 rings (SSSR count). The van der Waals surface area contributed by atoms with E-state index in [2.05, 4.69) is 25.9 Å². The number of fused-ring (bicyclic) bond motifs is 1. The lowest BCUT2D eigenvalue weighted by atomic mass is 10.1. The maximum Gasteiger partial charge on any atom is 0.270 e. The molecule has 0 aliphatic carbocycles. The van der Waals surface area contributed by atoms with E-state index in [-0.39, 0.29) is 16.4 Å². The molecule has 4 aromatic rings. The van der Waals surface area contributed by atoms with Gasteiger partial charge in [0.15, 0.2) is 10.9 Å². The van der Waals surface area contributed by atoms with Gasteiger partial charge < -0.3 is 15.0 Å². The first-order valence-electron chi connectivity index (χ1n) is 11.5. The second-order valence-corrected chi connectivity index (χ2v) is 9.48. The Kier molecular flexibility index (Phi) is 7.03. The van der Waals surface area contributed by atoms with Crippen LogP contribution in [0.4, 0.5) is 17.1 Å². The van der Waals surface area contributed by atoms with Gasteiger partial charge in [0.25, 0.3) is 11.6 Å². The third-order valence-corrected chi connectivity index (χ3v) is 6.91. The molecule has 190 valence electrons. The highest BCUT2D eigenvalue weighted by Gasteiger charge is 2.23. The Balaban J connectivity index is 1.33. The molecule has 2 aromatic carbocycles. The van der Waals surface area contributed by atoms with Crippen LogP contribution < -0.4 is 15.5 Å². The van der Waals surface area contributed by atoms with Crippen molar-refractivity contribution in [1.82, 2.24) is 25.1 Å². The van der Waals surface area contributed by atoms with E-state index in [0.717, 1.165) is 22.8 Å². The van der Waals surface area contributed by atoms with E-state index in [4.69, 9.17) is 17.0 Å². The normalized spacial score (nSPS) is 13.5. The van der Waals surface area contributed by atoms with Gasteiger partial charge in [-0.1, -0.05) is 30.4 Å². The Hall–Kier alpha value is -4.01. The fourth-order valence-electron chi connectivity index (χ4n) is 3.96. The van der Waals surface area contributed by atoms with Crippen molar-refractivity contribution in [3.8, 4) is 10.6 Å². The van der Waals surface area contributed by atoms with Gasteiger partial charge in [-0.3, -0.25) is 20.2 Å². The topological polar surface area (TPSA) is 140 Å². The summed E-state index contributed by atoms with van der Waals surface area (Å²) in [7, 11) is 0. The lowest BCUT2D eigenvalue weighted by molar-refractivity contribution is -0.384. The molecule has 0 unspecified atom stereocenters. The van der Waals surface area contributed by atoms with Crippen LogP contribution in [0.3, 0.4) is 0 Å². The van der Waals surface area contributed by atoms with Crippen molar-refractivity contribution in [2.24, 2.45) is 0 Å². The van der Waals surface area contributed by atoms with Gasteiger partial charge in [0.05, 0.1) is 29.4 Å². The van der Waals surface area contributed by atoms with Crippen molar-refractivity contribution >= 4 is 56.6 Å². The van der Waals surface area contributed by atoms with Crippen LogP contribution in [-0.2, 0) is 11.2 Å². The van der Waals surface area contributed by atoms with Gasteiger partial charge >= 0.3 is 0 Å². The number of anilines is 2. The van der Waals surface area contributed by atoms with Gasteiger partial charge in [-0.25, -0.2) is 0 Å². The molecule has 3 heterocycles. The minimum Gasteiger partial charge on any atom is -0.378 e. The van der Waals surface area contributed by atoms with Crippen LogP contribution in [0.15, 0.2) is 42.5 Å². The second kappa shape index (κ2) is 10.5. The van der Waals surface area contributed by atoms with Crippen molar-refractivity contribution < 1.29 is 14.5 Å². The third kappa shape index (κ3) is 5.26. The number of benzene rings is 2. The highest BCUT2D eigenvalue weighted by atomic mass is 32.1. The number of carbonyl (C=O) groups excluding carboxylic acids is 1. The molecule has 2 N–H and O–H groups in total. The van der Waals surface area contributed by atoms with Crippen molar-refractivity contribution in [1.29, 1.82) is 0 Å². The zero-order chi connectivity index (χ0) is 25.9. The average Bonchev–Trinajstić information content (AvgIpc) is 3.50. The van der Waals surface area contributed by atoms with Crippen LogP contribution in [0.1, 0.15) is 23.1 Å². The Bertz CT molecular complexity index is 1500. The van der Waals surface area contributed by atoms with Crippen LogP contribution in [0.5, 0.6) is 0 Å². The number of non-ortho nitro benzene ring substituents is 1. The van der Waals surface area contributed by atoms with E-state index in [1.165, 1.54) is 23.5 Å². The minimum absolute atomic E-state index is 0.0630. The van der Waals surface area contributed by atoms with Crippen LogP contribution in [-0.4, -0.2) is 62.1 Å². The monoisotopic (exact) mass is 538 g/mol. The summed E-state index contributed by atoms with van der Waals surface area (Å²) in [6.07, 6.45) is 0.720. The molecule has 0 radical (unpaired) electrons. The molecule has 37 heavy (non-hydrogen) atoms. The van der Waals surface area contributed by atoms with Gasteiger partial charge in [0.2, 0.25) is 4.96 Å². The smallest absolute Gasteiger partial charge is 0.270 e. The molecule has 0 bridgehead atoms. The van der Waals surface area contributed by atoms with E-state index in [9.17, 15) is 14.9 Å². The Morgan fingerprint density at radius 1 is 1.22 bits per heavy atom. The fourth-order valence-corrected chi connectivity index (χ4v) is 5.02. The Morgan fingerprint density at radius 2 is 2.03 bits per heavy atom. The van der Waals surface area contributed by atoms with Gasteiger partial charge in [0.1, 0.15) is 5.01 Å². The number of amides is 1. The number of hydrogen-bond acceptors (Lipinski definition) is 10. The molecule has 1 aliphatic heterocycles. The van der Waals surface area contributed by atoms with Crippen molar-refractivity contribution in [3.63, 3.8) is 0 Å². The molecule has 2 aromatic heterocycles. The third-order valence-electron chi connectivity index (χ3n) is 5.75. The summed E-state index contributed by atoms with van der Waals surface area (Å²) in [6.45, 7) is 4.16. The highest BCUT2D eigenvalue weighted by Crippen LogP contribution is 2.28. The predicted octanol–water partition coefficient (Wildman–Crippen LogP) is 3.29. The molecule has 12 nitrogen and oxygen atoms in total. The summed E-state index contributed by atoms with van der Waals surface area (Å²) in [4.78, 5) is 26.6. The zero-order valence-electron chi connectivity index (χ0n) is 19.7. The number of ether oxygens (including phenoxy) is 1. The van der Waals surface area contributed by atoms with E-state index < -0.39 is 10.8 Å². The number of aryl methyl sites for hydroxylation is 1. The van der Waals surface area contributed by atoms with Gasteiger partial charge in [-0.05, 0) is 30.4 Å². The maximum absolute atomic E-state index is 13.2. The van der Waals surface area contributed by atoms with Crippen LogP contribution in [0, 0.1) is 10.1 Å². The molecular weight excluding hydrogens is 516 g/mol. The number of rotatable bonds is 6. The standard InChI is InChI=1S/C23H22N8O4S2/c1-2-19-26-27-23-30(19)28-21(37-23)14-4-3-5-15(12-14)24-22(36)25-20(32)17-13-16(31(33)34)6-7-18(17)29-8-10-35-11-9-29/h3-7,12-13H,2,8-11H2,1H3,(H2,24,25,32,36). The first-order valence-corrected chi connectivity index (χ1v) is 12.7. The fraction of sp³-hybridized carbons (Fsp3) is 0.261. The van der Waals surface area contributed by atoms with Gasteiger partial charge in [-0.15, -0.1) is 10.2 Å². The summed E-state index contributed by atoms with van der Waals surface area (Å²) in [6, 6.07) is 11.7. The molecule has 1 fully saturated rings. The summed E-state index contributed by atoms with van der Waals surface area (Å²) in [5, 5.41) is 30.7. The number of thiocarbonyl (C=S) groups is 1. The van der Waals surface area contributed by atoms with Crippen LogP contribution in [0.25, 0.3) is 15.5 Å². The van der Waals surface area contributed by atoms with Crippen molar-refractivity contribution in [2.45, 2.75) is 13.3 Å². The number of morpholine rings is 1. The van der Waals surface area contributed by atoms with Crippen LogP contribution in [0.2, 0.25) is 0 Å². The minimum atomic E-state index is -0.542. The number of aromatic nitrogens is 4. The lowest BCUT2D eigenvalue weighted by Gasteiger charge is -2.30. The van der Waals surface area contributed by atoms with Gasteiger partial charge in [0, 0.05) is 42.9 Å². The Labute approximate surface area is 220 Å². The zero-order valence-corrected chi connectivity index (χ0v) is 21.3. The summed E-state index contributed by atoms with van der Waals surface area (Å²) >= 11 is 6.80. The predicted molar refractivity (Wildman–Crippen MR) is 143 cm³/mol. The molecule has 1 saturated heterocycles. The number of nitro groups is 1. The van der Waals surface area contributed by atoms with E-state index in [0.29, 0.717) is 42.6 Å². The van der Waals surface area contributed by atoms with Crippen LogP contribution >= 0.6 is 23.6 Å². The van der Waals surface area contributed by atoms with Crippen molar-refractivity contribution in [2.75, 3.05) is 36.5 Å².